The largest absolute Gasteiger partial charge is 0.372 e. The minimum atomic E-state index is -0.0139. The lowest BCUT2D eigenvalue weighted by Gasteiger charge is -2.29. The summed E-state index contributed by atoms with van der Waals surface area (Å²) in [5, 5.41) is 8.77. The lowest BCUT2D eigenvalue weighted by molar-refractivity contribution is 0.578. The molecule has 0 radical (unpaired) electrons. The normalized spacial score (nSPS) is 18.5. The van der Waals surface area contributed by atoms with Gasteiger partial charge in [0, 0.05) is 45.9 Å². The van der Waals surface area contributed by atoms with Gasteiger partial charge in [-0.2, -0.15) is 0 Å². The Morgan fingerprint density at radius 1 is 0.758 bits per heavy atom. The summed E-state index contributed by atoms with van der Waals surface area (Å²) in [5.41, 5.74) is 8.33. The van der Waals surface area contributed by atoms with E-state index in [1.165, 1.54) is 47.0 Å². The van der Waals surface area contributed by atoms with Crippen molar-refractivity contribution in [1.29, 1.82) is 0 Å². The number of aromatic nitrogens is 1. The third-order valence-electron chi connectivity index (χ3n) is 6.75. The van der Waals surface area contributed by atoms with Crippen molar-refractivity contribution in [1.82, 2.24) is 15.6 Å². The van der Waals surface area contributed by atoms with Crippen molar-refractivity contribution in [2.24, 2.45) is 0 Å². The maximum Gasteiger partial charge on any atom is 0.125 e. The molecule has 5 heteroatoms. The molecule has 1 saturated heterocycles. The van der Waals surface area contributed by atoms with Crippen LogP contribution in [0.2, 0.25) is 0 Å². The number of halogens is 1. The highest BCUT2D eigenvalue weighted by molar-refractivity contribution is 9.10. The van der Waals surface area contributed by atoms with Gasteiger partial charge in [0.1, 0.15) is 6.17 Å². The number of benzene rings is 3. The Hall–Kier alpha value is -3.18. The van der Waals surface area contributed by atoms with Gasteiger partial charge in [-0.25, -0.2) is 0 Å². The Kier molecular flexibility index (Phi) is 5.35. The van der Waals surface area contributed by atoms with E-state index < -0.39 is 0 Å². The second kappa shape index (κ2) is 8.64. The molecule has 2 aliphatic heterocycles. The Labute approximate surface area is 202 Å². The highest BCUT2D eigenvalue weighted by Gasteiger charge is 2.27. The molecular weight excluding hydrogens is 472 g/mol. The third kappa shape index (κ3) is 3.91. The van der Waals surface area contributed by atoms with Crippen molar-refractivity contribution in [3.8, 4) is 0 Å². The van der Waals surface area contributed by atoms with Crippen molar-refractivity contribution >= 4 is 43.9 Å². The number of hydrogen-bond acceptors (Lipinski definition) is 3. The maximum atomic E-state index is 3.79. The number of rotatable bonds is 4. The molecule has 4 nitrogen and oxygen atoms in total. The summed E-state index contributed by atoms with van der Waals surface area (Å²) < 4.78 is 1.08. The number of aromatic amines is 1. The van der Waals surface area contributed by atoms with Crippen LogP contribution in [-0.2, 0) is 0 Å². The molecule has 33 heavy (non-hydrogen) atoms. The molecule has 0 saturated carbocycles. The van der Waals surface area contributed by atoms with Crippen LogP contribution in [0.1, 0.15) is 42.1 Å². The fourth-order valence-electron chi connectivity index (χ4n) is 5.03. The fraction of sp³-hybridized carbons (Fsp3) is 0.214. The maximum absolute atomic E-state index is 3.79. The predicted octanol–water partition coefficient (Wildman–Crippen LogP) is 6.64. The zero-order valence-electron chi connectivity index (χ0n) is 18.4. The summed E-state index contributed by atoms with van der Waals surface area (Å²) in [7, 11) is 0. The molecule has 166 valence electrons. The van der Waals surface area contributed by atoms with Gasteiger partial charge in [-0.3, -0.25) is 0 Å². The molecule has 1 fully saturated rings. The van der Waals surface area contributed by atoms with Gasteiger partial charge >= 0.3 is 0 Å². The molecule has 2 aliphatic rings. The van der Waals surface area contributed by atoms with E-state index in [2.05, 4.69) is 115 Å². The molecule has 3 aromatic carbocycles. The van der Waals surface area contributed by atoms with Gasteiger partial charge in [0.25, 0.3) is 0 Å². The second-order valence-electron chi connectivity index (χ2n) is 8.87. The van der Waals surface area contributed by atoms with E-state index in [9.17, 15) is 0 Å². The smallest absolute Gasteiger partial charge is 0.125 e. The topological polar surface area (TPSA) is 43.1 Å². The van der Waals surface area contributed by atoms with E-state index in [1.54, 1.807) is 0 Å². The molecule has 0 spiro atoms. The van der Waals surface area contributed by atoms with Crippen LogP contribution in [-0.4, -0.2) is 18.1 Å². The van der Waals surface area contributed by atoms with Crippen LogP contribution in [0.5, 0.6) is 0 Å². The minimum Gasteiger partial charge on any atom is -0.372 e. The molecule has 0 bridgehead atoms. The van der Waals surface area contributed by atoms with Crippen LogP contribution >= 0.6 is 15.9 Å². The van der Waals surface area contributed by atoms with E-state index in [-0.39, 0.29) is 6.17 Å². The summed E-state index contributed by atoms with van der Waals surface area (Å²) in [6.07, 6.45) is 6.02. The van der Waals surface area contributed by atoms with Crippen LogP contribution in [0.15, 0.2) is 83.5 Å². The average Bonchev–Trinajstić information content (AvgIpc) is 3.49. The first kappa shape index (κ1) is 20.4. The van der Waals surface area contributed by atoms with Gasteiger partial charge in [-0.15, -0.1) is 0 Å². The first-order valence-electron chi connectivity index (χ1n) is 11.7. The highest BCUT2D eigenvalue weighted by atomic mass is 79.9. The van der Waals surface area contributed by atoms with Crippen molar-refractivity contribution in [3.63, 3.8) is 0 Å². The van der Waals surface area contributed by atoms with E-state index in [0.29, 0.717) is 0 Å². The first-order valence-corrected chi connectivity index (χ1v) is 12.5. The lowest BCUT2D eigenvalue weighted by atomic mass is 10.0. The molecule has 1 aromatic heterocycles. The van der Waals surface area contributed by atoms with Gasteiger partial charge in [-0.1, -0.05) is 58.4 Å². The third-order valence-corrected chi connectivity index (χ3v) is 7.25. The molecular formula is C28H27BrN4. The summed E-state index contributed by atoms with van der Waals surface area (Å²) in [6, 6.07) is 26.0. The monoisotopic (exact) mass is 498 g/mol. The van der Waals surface area contributed by atoms with E-state index in [0.717, 1.165) is 34.5 Å². The summed E-state index contributed by atoms with van der Waals surface area (Å²) >= 11 is 3.63. The second-order valence-corrected chi connectivity index (χ2v) is 9.78. The van der Waals surface area contributed by atoms with Gasteiger partial charge < -0.3 is 20.5 Å². The number of H-pyrrole nitrogens is 1. The molecule has 0 aliphatic carbocycles. The number of nitrogens with zero attached hydrogens (tertiary/aromatic N) is 1. The number of piperidine rings is 1. The molecule has 3 N–H and O–H groups in total. The minimum absolute atomic E-state index is 0.0139. The summed E-state index contributed by atoms with van der Waals surface area (Å²) in [6.45, 7) is 2.32. The number of hydrogen-bond donors (Lipinski definition) is 3. The average molecular weight is 499 g/mol. The Balaban J connectivity index is 1.36. The Bertz CT molecular complexity index is 1300. The van der Waals surface area contributed by atoms with Crippen molar-refractivity contribution in [2.45, 2.75) is 25.4 Å². The van der Waals surface area contributed by atoms with Crippen LogP contribution < -0.4 is 15.5 Å². The van der Waals surface area contributed by atoms with E-state index >= 15 is 0 Å². The molecule has 0 amide bonds. The lowest BCUT2D eigenvalue weighted by Crippen LogP contribution is -2.29. The van der Waals surface area contributed by atoms with Gasteiger partial charge in [0.15, 0.2) is 0 Å². The van der Waals surface area contributed by atoms with Gasteiger partial charge in [0.2, 0.25) is 0 Å². The number of fused-ring (bicyclic) bond motifs is 1. The van der Waals surface area contributed by atoms with E-state index in [4.69, 9.17) is 0 Å². The molecule has 1 unspecified atom stereocenters. The van der Waals surface area contributed by atoms with Gasteiger partial charge in [-0.05, 0) is 60.7 Å². The molecule has 1 atom stereocenters. The Morgan fingerprint density at radius 2 is 1.45 bits per heavy atom. The van der Waals surface area contributed by atoms with Crippen LogP contribution in [0.4, 0.5) is 5.69 Å². The zero-order chi connectivity index (χ0) is 22.2. The Morgan fingerprint density at radius 3 is 2.18 bits per heavy atom. The highest BCUT2D eigenvalue weighted by Crippen LogP contribution is 2.36. The molecule has 4 aromatic rings. The van der Waals surface area contributed by atoms with Crippen LogP contribution in [0.25, 0.3) is 22.3 Å². The SMILES string of the molecule is Brc1ccc2[nH]cc(C3NC(c4ccccc4)=C(c4ccc(N5CCCCC5)cc4)N3)c2c1. The predicted molar refractivity (Wildman–Crippen MR) is 141 cm³/mol. The summed E-state index contributed by atoms with van der Waals surface area (Å²) in [5.74, 6) is 0. The summed E-state index contributed by atoms with van der Waals surface area (Å²) in [4.78, 5) is 5.93. The molecule has 6 rings (SSSR count). The first-order chi connectivity index (χ1) is 16.3. The van der Waals surface area contributed by atoms with Gasteiger partial charge in [0.05, 0.1) is 11.4 Å². The molecule has 3 heterocycles. The zero-order valence-corrected chi connectivity index (χ0v) is 20.0. The van der Waals surface area contributed by atoms with Crippen molar-refractivity contribution in [2.75, 3.05) is 18.0 Å². The van der Waals surface area contributed by atoms with Crippen molar-refractivity contribution < 1.29 is 0 Å². The number of anilines is 1. The van der Waals surface area contributed by atoms with Crippen LogP contribution in [0, 0.1) is 0 Å². The van der Waals surface area contributed by atoms with Crippen LogP contribution in [0.3, 0.4) is 0 Å². The van der Waals surface area contributed by atoms with E-state index in [1.807, 2.05) is 0 Å². The quantitative estimate of drug-likeness (QED) is 0.295. The van der Waals surface area contributed by atoms with Crippen molar-refractivity contribution in [3.05, 3.63) is 100 Å². The number of nitrogens with one attached hydrogen (secondary N) is 3. The standard InChI is InChI=1S/C28H27BrN4/c29-21-11-14-25-23(17-21)24(18-30-25)28-31-26(19-7-3-1-4-8-19)27(32-28)20-9-12-22(13-10-20)33-15-5-2-6-16-33/h1,3-4,7-14,17-18,28,30-32H,2,5-6,15-16H2. The fourth-order valence-corrected chi connectivity index (χ4v) is 5.39.